The molecule has 1 aliphatic heterocycles. The molecule has 5 heteroatoms. The van der Waals surface area contributed by atoms with Crippen LogP contribution in [0.3, 0.4) is 0 Å². The first-order chi connectivity index (χ1) is 6.99. The van der Waals surface area contributed by atoms with Crippen LogP contribution in [-0.4, -0.2) is 43.7 Å². The second-order valence-electron chi connectivity index (χ2n) is 4.94. The van der Waals surface area contributed by atoms with Crippen LogP contribution >= 0.6 is 0 Å². The minimum Gasteiger partial charge on any atom is -0.300 e. The molecule has 4 nitrogen and oxygen atoms in total. The van der Waals surface area contributed by atoms with Gasteiger partial charge in [0.2, 0.25) is 10.0 Å². The van der Waals surface area contributed by atoms with Crippen LogP contribution < -0.4 is 4.72 Å². The maximum atomic E-state index is 11.9. The van der Waals surface area contributed by atoms with E-state index < -0.39 is 10.0 Å². The van der Waals surface area contributed by atoms with Gasteiger partial charge < -0.3 is 0 Å². The number of hydrogen-bond acceptors (Lipinski definition) is 3. The SMILES string of the molecule is CC(C)N1CC[C@H](S(=O)(=O)NC2CC2)C1. The fourth-order valence-corrected chi connectivity index (χ4v) is 3.70. The van der Waals surface area contributed by atoms with E-state index in [-0.39, 0.29) is 11.3 Å². The summed E-state index contributed by atoms with van der Waals surface area (Å²) in [7, 11) is -3.05. The first kappa shape index (κ1) is 11.4. The summed E-state index contributed by atoms with van der Waals surface area (Å²) in [4.78, 5) is 2.23. The van der Waals surface area contributed by atoms with E-state index in [0.29, 0.717) is 12.6 Å². The van der Waals surface area contributed by atoms with Crippen molar-refractivity contribution in [1.29, 1.82) is 0 Å². The third-order valence-electron chi connectivity index (χ3n) is 3.25. The summed E-state index contributed by atoms with van der Waals surface area (Å²) >= 11 is 0. The van der Waals surface area contributed by atoms with E-state index in [2.05, 4.69) is 23.5 Å². The van der Waals surface area contributed by atoms with Crippen molar-refractivity contribution >= 4 is 10.0 Å². The summed E-state index contributed by atoms with van der Waals surface area (Å²) in [5.74, 6) is 0. The largest absolute Gasteiger partial charge is 0.300 e. The molecular formula is C10H20N2O2S. The highest BCUT2D eigenvalue weighted by atomic mass is 32.2. The van der Waals surface area contributed by atoms with Crippen molar-refractivity contribution in [3.05, 3.63) is 0 Å². The van der Waals surface area contributed by atoms with Crippen molar-refractivity contribution < 1.29 is 8.42 Å². The molecule has 1 saturated carbocycles. The van der Waals surface area contributed by atoms with E-state index in [9.17, 15) is 8.42 Å². The normalized spacial score (nSPS) is 28.9. The molecule has 2 aliphatic rings. The molecular weight excluding hydrogens is 212 g/mol. The van der Waals surface area contributed by atoms with Crippen LogP contribution in [0.2, 0.25) is 0 Å². The molecule has 1 saturated heterocycles. The van der Waals surface area contributed by atoms with Gasteiger partial charge >= 0.3 is 0 Å². The first-order valence-corrected chi connectivity index (χ1v) is 7.29. The fourth-order valence-electron chi connectivity index (χ4n) is 2.01. The van der Waals surface area contributed by atoms with E-state index in [1.165, 1.54) is 0 Å². The average molecular weight is 232 g/mol. The van der Waals surface area contributed by atoms with Gasteiger partial charge in [-0.25, -0.2) is 13.1 Å². The van der Waals surface area contributed by atoms with Crippen LogP contribution in [0.1, 0.15) is 33.1 Å². The molecule has 15 heavy (non-hydrogen) atoms. The van der Waals surface area contributed by atoms with Gasteiger partial charge in [0.15, 0.2) is 0 Å². The number of hydrogen-bond donors (Lipinski definition) is 1. The Kier molecular flexibility index (Phi) is 3.05. The summed E-state index contributed by atoms with van der Waals surface area (Å²) in [6.07, 6.45) is 2.81. The molecule has 2 rings (SSSR count). The molecule has 0 unspecified atom stereocenters. The van der Waals surface area contributed by atoms with E-state index >= 15 is 0 Å². The van der Waals surface area contributed by atoms with E-state index in [0.717, 1.165) is 25.8 Å². The van der Waals surface area contributed by atoms with E-state index in [1.54, 1.807) is 0 Å². The average Bonchev–Trinajstić information content (AvgIpc) is 2.80. The second kappa shape index (κ2) is 4.03. The van der Waals surface area contributed by atoms with Gasteiger partial charge in [0.1, 0.15) is 0 Å². The lowest BCUT2D eigenvalue weighted by atomic mass is 10.3. The molecule has 0 aromatic rings. The van der Waals surface area contributed by atoms with Crippen molar-refractivity contribution in [3.63, 3.8) is 0 Å². The number of nitrogens with one attached hydrogen (secondary N) is 1. The number of nitrogens with zero attached hydrogens (tertiary/aromatic N) is 1. The number of rotatable bonds is 4. The Morgan fingerprint density at radius 2 is 1.93 bits per heavy atom. The minimum absolute atomic E-state index is 0.194. The summed E-state index contributed by atoms with van der Waals surface area (Å²) in [5.41, 5.74) is 0. The predicted molar refractivity (Wildman–Crippen MR) is 60.2 cm³/mol. The molecule has 0 bridgehead atoms. The van der Waals surface area contributed by atoms with Crippen LogP contribution in [0, 0.1) is 0 Å². The van der Waals surface area contributed by atoms with Gasteiger partial charge in [-0.3, -0.25) is 4.90 Å². The lowest BCUT2D eigenvalue weighted by molar-refractivity contribution is 0.276. The third-order valence-corrected chi connectivity index (χ3v) is 5.18. The number of sulfonamides is 1. The highest BCUT2D eigenvalue weighted by molar-refractivity contribution is 7.90. The third kappa shape index (κ3) is 2.71. The van der Waals surface area contributed by atoms with Gasteiger partial charge in [0, 0.05) is 18.6 Å². The molecule has 0 amide bonds. The zero-order chi connectivity index (χ0) is 11.1. The summed E-state index contributed by atoms with van der Waals surface area (Å²) in [6.45, 7) is 5.83. The Morgan fingerprint density at radius 3 is 2.40 bits per heavy atom. The Balaban J connectivity index is 1.94. The highest BCUT2D eigenvalue weighted by Crippen LogP contribution is 2.24. The van der Waals surface area contributed by atoms with Crippen LogP contribution in [0.15, 0.2) is 0 Å². The standard InChI is InChI=1S/C10H20N2O2S/c1-8(2)12-6-5-10(7-12)15(13,14)11-9-3-4-9/h8-11H,3-7H2,1-2H3/t10-/m0/s1. The van der Waals surface area contributed by atoms with Crippen molar-refractivity contribution in [1.82, 2.24) is 9.62 Å². The molecule has 0 aromatic carbocycles. The quantitative estimate of drug-likeness (QED) is 0.770. The zero-order valence-electron chi connectivity index (χ0n) is 9.44. The van der Waals surface area contributed by atoms with Gasteiger partial charge in [-0.05, 0) is 39.7 Å². The molecule has 0 aromatic heterocycles. The first-order valence-electron chi connectivity index (χ1n) is 5.74. The minimum atomic E-state index is -3.05. The Labute approximate surface area is 92.1 Å². The molecule has 1 aliphatic carbocycles. The van der Waals surface area contributed by atoms with E-state index in [4.69, 9.17) is 0 Å². The summed E-state index contributed by atoms with van der Waals surface area (Å²) < 4.78 is 26.6. The van der Waals surface area contributed by atoms with Crippen LogP contribution in [-0.2, 0) is 10.0 Å². The van der Waals surface area contributed by atoms with Gasteiger partial charge in [0.05, 0.1) is 5.25 Å². The lowest BCUT2D eigenvalue weighted by Crippen LogP contribution is -2.38. The second-order valence-corrected chi connectivity index (χ2v) is 6.93. The summed E-state index contributed by atoms with van der Waals surface area (Å²) in [5, 5.41) is -0.194. The number of likely N-dealkylation sites (tertiary alicyclic amines) is 1. The molecule has 88 valence electrons. The van der Waals surface area contributed by atoms with Crippen LogP contribution in [0.4, 0.5) is 0 Å². The molecule has 0 radical (unpaired) electrons. The monoisotopic (exact) mass is 232 g/mol. The molecule has 0 spiro atoms. The summed E-state index contributed by atoms with van der Waals surface area (Å²) in [6, 6.07) is 0.689. The van der Waals surface area contributed by atoms with Crippen molar-refractivity contribution in [2.24, 2.45) is 0 Å². The topological polar surface area (TPSA) is 49.4 Å². The van der Waals surface area contributed by atoms with Crippen molar-refractivity contribution in [2.45, 2.75) is 50.4 Å². The van der Waals surface area contributed by atoms with Crippen LogP contribution in [0.5, 0.6) is 0 Å². The molecule has 1 heterocycles. The van der Waals surface area contributed by atoms with E-state index in [1.807, 2.05) is 0 Å². The zero-order valence-corrected chi connectivity index (χ0v) is 10.3. The van der Waals surface area contributed by atoms with Gasteiger partial charge in [-0.1, -0.05) is 0 Å². The molecule has 2 fully saturated rings. The Morgan fingerprint density at radius 1 is 1.27 bits per heavy atom. The fraction of sp³-hybridized carbons (Fsp3) is 1.00. The maximum absolute atomic E-state index is 11.9. The van der Waals surface area contributed by atoms with Crippen molar-refractivity contribution in [3.8, 4) is 0 Å². The van der Waals surface area contributed by atoms with Gasteiger partial charge in [0.25, 0.3) is 0 Å². The highest BCUT2D eigenvalue weighted by Gasteiger charge is 2.37. The predicted octanol–water partition coefficient (Wildman–Crippen LogP) is 0.551. The van der Waals surface area contributed by atoms with Gasteiger partial charge in [-0.15, -0.1) is 0 Å². The Bertz CT molecular complexity index is 322. The van der Waals surface area contributed by atoms with Crippen molar-refractivity contribution in [2.75, 3.05) is 13.1 Å². The van der Waals surface area contributed by atoms with Gasteiger partial charge in [-0.2, -0.15) is 0 Å². The smallest absolute Gasteiger partial charge is 0.216 e. The molecule has 1 N–H and O–H groups in total. The Hall–Kier alpha value is -0.130. The maximum Gasteiger partial charge on any atom is 0.216 e. The molecule has 1 atom stereocenters. The lowest BCUT2D eigenvalue weighted by Gasteiger charge is -2.20. The van der Waals surface area contributed by atoms with Crippen LogP contribution in [0.25, 0.3) is 0 Å².